The molecule has 3 N–H and O–H groups in total. The fourth-order valence-electron chi connectivity index (χ4n) is 1.70. The minimum absolute atomic E-state index is 0.0616. The van der Waals surface area contributed by atoms with Gasteiger partial charge in [-0.25, -0.2) is 8.42 Å². The van der Waals surface area contributed by atoms with Gasteiger partial charge >= 0.3 is 0 Å². The first-order valence-electron chi connectivity index (χ1n) is 5.65. The van der Waals surface area contributed by atoms with Crippen LogP contribution in [0.5, 0.6) is 0 Å². The molecule has 0 unspecified atom stereocenters. The molecule has 0 saturated heterocycles. The number of hydrogen-bond acceptors (Lipinski definition) is 3. The summed E-state index contributed by atoms with van der Waals surface area (Å²) in [4.78, 5) is -0.148. The predicted octanol–water partition coefficient (Wildman–Crippen LogP) is 3.68. The van der Waals surface area contributed by atoms with Crippen molar-refractivity contribution in [1.29, 1.82) is 0 Å². The van der Waals surface area contributed by atoms with Gasteiger partial charge in [-0.05, 0) is 36.8 Å². The van der Waals surface area contributed by atoms with Crippen molar-refractivity contribution in [2.24, 2.45) is 0 Å². The second-order valence-electron chi connectivity index (χ2n) is 4.18. The first kappa shape index (κ1) is 15.0. The molecule has 106 valence electrons. The van der Waals surface area contributed by atoms with Gasteiger partial charge in [-0.15, -0.1) is 0 Å². The molecule has 0 aliphatic carbocycles. The Bertz CT molecular complexity index is 741. The number of rotatable bonds is 3. The second kappa shape index (κ2) is 5.52. The first-order valence-corrected chi connectivity index (χ1v) is 7.89. The highest BCUT2D eigenvalue weighted by Gasteiger charge is 2.22. The van der Waals surface area contributed by atoms with Crippen molar-refractivity contribution >= 4 is 44.6 Å². The number of sulfonamides is 1. The summed E-state index contributed by atoms with van der Waals surface area (Å²) >= 11 is 11.8. The molecular weight excluding hydrogens is 319 g/mol. The Morgan fingerprint density at radius 3 is 2.20 bits per heavy atom. The molecule has 2 rings (SSSR count). The number of hydrogen-bond donors (Lipinski definition) is 2. The maximum Gasteiger partial charge on any atom is 0.264 e. The molecule has 0 aliphatic heterocycles. The summed E-state index contributed by atoms with van der Waals surface area (Å²) in [5.74, 6) is 0. The molecule has 4 nitrogen and oxygen atoms in total. The quantitative estimate of drug-likeness (QED) is 0.843. The molecule has 7 heteroatoms. The van der Waals surface area contributed by atoms with Crippen LogP contribution in [-0.2, 0) is 10.0 Å². The van der Waals surface area contributed by atoms with E-state index in [1.54, 1.807) is 31.2 Å². The van der Waals surface area contributed by atoms with Gasteiger partial charge in [0.25, 0.3) is 10.0 Å². The lowest BCUT2D eigenvalue weighted by atomic mass is 10.2. The Morgan fingerprint density at radius 2 is 1.60 bits per heavy atom. The molecule has 2 aromatic carbocycles. The first-order chi connectivity index (χ1) is 9.33. The predicted molar refractivity (Wildman–Crippen MR) is 82.9 cm³/mol. The largest absolute Gasteiger partial charge is 0.398 e. The van der Waals surface area contributed by atoms with Crippen LogP contribution in [0.2, 0.25) is 10.0 Å². The Morgan fingerprint density at radius 1 is 1.05 bits per heavy atom. The van der Waals surface area contributed by atoms with Crippen LogP contribution in [0.15, 0.2) is 41.3 Å². The summed E-state index contributed by atoms with van der Waals surface area (Å²) in [5, 5.41) is 0.123. The van der Waals surface area contributed by atoms with Crippen molar-refractivity contribution in [2.45, 2.75) is 11.8 Å². The normalized spacial score (nSPS) is 11.3. The maximum absolute atomic E-state index is 12.4. The summed E-state index contributed by atoms with van der Waals surface area (Å²) in [6.07, 6.45) is 0. The molecule has 0 amide bonds. The van der Waals surface area contributed by atoms with Crippen molar-refractivity contribution in [3.8, 4) is 0 Å². The Balaban J connectivity index is 2.50. The fourth-order valence-corrected chi connectivity index (χ4v) is 3.97. The molecule has 0 spiro atoms. The molecule has 0 aromatic heterocycles. The van der Waals surface area contributed by atoms with Gasteiger partial charge in [-0.2, -0.15) is 0 Å². The van der Waals surface area contributed by atoms with E-state index in [0.29, 0.717) is 16.9 Å². The topological polar surface area (TPSA) is 72.2 Å². The van der Waals surface area contributed by atoms with Crippen LogP contribution in [0.4, 0.5) is 11.4 Å². The average Bonchev–Trinajstić information content (AvgIpc) is 2.34. The third-order valence-electron chi connectivity index (χ3n) is 2.81. The number of benzene rings is 2. The molecule has 0 aliphatic rings. The van der Waals surface area contributed by atoms with E-state index in [1.165, 1.54) is 12.1 Å². The number of nitrogens with two attached hydrogens (primary N) is 1. The highest BCUT2D eigenvalue weighted by atomic mass is 35.5. The van der Waals surface area contributed by atoms with Gasteiger partial charge in [0.2, 0.25) is 0 Å². The maximum atomic E-state index is 12.4. The average molecular weight is 331 g/mol. The lowest BCUT2D eigenvalue weighted by molar-refractivity contribution is 0.601. The van der Waals surface area contributed by atoms with Gasteiger partial charge in [0.1, 0.15) is 4.90 Å². The molecule has 0 radical (unpaired) electrons. The number of halogens is 2. The summed E-state index contributed by atoms with van der Waals surface area (Å²) in [6, 6.07) is 9.48. The van der Waals surface area contributed by atoms with E-state index in [9.17, 15) is 8.42 Å². The minimum atomic E-state index is -3.88. The van der Waals surface area contributed by atoms with Crippen molar-refractivity contribution < 1.29 is 8.42 Å². The van der Waals surface area contributed by atoms with Gasteiger partial charge < -0.3 is 5.73 Å². The Hall–Kier alpha value is -1.43. The Kier molecular flexibility index (Phi) is 4.13. The number of nitrogens with one attached hydrogen (secondary N) is 1. The van der Waals surface area contributed by atoms with Crippen LogP contribution in [0.25, 0.3) is 0 Å². The monoisotopic (exact) mass is 330 g/mol. The smallest absolute Gasteiger partial charge is 0.264 e. The van der Waals surface area contributed by atoms with Crippen molar-refractivity contribution in [2.75, 3.05) is 10.5 Å². The zero-order chi connectivity index (χ0) is 14.9. The summed E-state index contributed by atoms with van der Waals surface area (Å²) in [6.45, 7) is 1.72. The van der Waals surface area contributed by atoms with Crippen molar-refractivity contribution in [3.63, 3.8) is 0 Å². The van der Waals surface area contributed by atoms with E-state index in [1.807, 2.05) is 0 Å². The third-order valence-corrected chi connectivity index (χ3v) is 5.13. The number of nitrogen functional groups attached to an aromatic ring is 1. The van der Waals surface area contributed by atoms with Crippen LogP contribution in [-0.4, -0.2) is 8.42 Å². The van der Waals surface area contributed by atoms with E-state index in [0.717, 1.165) is 0 Å². The third kappa shape index (κ3) is 2.85. The lowest BCUT2D eigenvalue weighted by Gasteiger charge is -2.13. The molecular formula is C13H12Cl2N2O2S. The lowest BCUT2D eigenvalue weighted by Crippen LogP contribution is -2.15. The fraction of sp³-hybridized carbons (Fsp3) is 0.0769. The van der Waals surface area contributed by atoms with E-state index in [4.69, 9.17) is 28.9 Å². The van der Waals surface area contributed by atoms with Crippen LogP contribution >= 0.6 is 23.2 Å². The van der Waals surface area contributed by atoms with Gasteiger partial charge in [-0.1, -0.05) is 35.3 Å². The van der Waals surface area contributed by atoms with Crippen molar-refractivity contribution in [1.82, 2.24) is 0 Å². The molecule has 0 bridgehead atoms. The van der Waals surface area contributed by atoms with Gasteiger partial charge in [0.05, 0.1) is 15.7 Å². The highest BCUT2D eigenvalue weighted by molar-refractivity contribution is 7.93. The van der Waals surface area contributed by atoms with Gasteiger partial charge in [-0.3, -0.25) is 4.72 Å². The Labute approximate surface area is 127 Å². The van der Waals surface area contributed by atoms with Crippen LogP contribution in [0, 0.1) is 6.92 Å². The minimum Gasteiger partial charge on any atom is -0.398 e. The van der Waals surface area contributed by atoms with Crippen LogP contribution in [0.1, 0.15) is 5.56 Å². The zero-order valence-corrected chi connectivity index (χ0v) is 12.9. The highest BCUT2D eigenvalue weighted by Crippen LogP contribution is 2.31. The van der Waals surface area contributed by atoms with Gasteiger partial charge in [0.15, 0.2) is 0 Å². The molecule has 0 saturated carbocycles. The van der Waals surface area contributed by atoms with Crippen molar-refractivity contribution in [3.05, 3.63) is 52.0 Å². The summed E-state index contributed by atoms with van der Waals surface area (Å²) < 4.78 is 27.2. The van der Waals surface area contributed by atoms with E-state index >= 15 is 0 Å². The second-order valence-corrected chi connectivity index (χ2v) is 6.61. The zero-order valence-electron chi connectivity index (χ0n) is 10.5. The number of anilines is 2. The summed E-state index contributed by atoms with van der Waals surface area (Å²) in [7, 11) is -3.88. The van der Waals surface area contributed by atoms with Crippen LogP contribution in [0.3, 0.4) is 0 Å². The standard InChI is InChI=1S/C13H12Cl2N2O2S/c1-8-11(16)6-3-7-12(8)17-20(18,19)13-9(14)4-2-5-10(13)15/h2-7,17H,16H2,1H3. The van der Waals surface area contributed by atoms with Gasteiger partial charge in [0, 0.05) is 5.69 Å². The molecule has 0 fully saturated rings. The molecule has 0 atom stereocenters. The molecule has 0 heterocycles. The summed E-state index contributed by atoms with van der Waals surface area (Å²) in [5.41, 5.74) is 7.27. The SMILES string of the molecule is Cc1c(N)cccc1NS(=O)(=O)c1c(Cl)cccc1Cl. The van der Waals surface area contributed by atoms with E-state index in [2.05, 4.69) is 4.72 Å². The molecule has 2 aromatic rings. The van der Waals surface area contributed by atoms with Crippen LogP contribution < -0.4 is 10.5 Å². The van der Waals surface area contributed by atoms with E-state index < -0.39 is 10.0 Å². The molecule has 20 heavy (non-hydrogen) atoms. The van der Waals surface area contributed by atoms with E-state index in [-0.39, 0.29) is 14.9 Å².